The van der Waals surface area contributed by atoms with Crippen molar-refractivity contribution in [1.29, 1.82) is 0 Å². The summed E-state index contributed by atoms with van der Waals surface area (Å²) in [5.74, 6) is -0.598. The van der Waals surface area contributed by atoms with Crippen molar-refractivity contribution >= 4 is 17.3 Å². The smallest absolute Gasteiger partial charge is 0.433 e. The van der Waals surface area contributed by atoms with E-state index in [-0.39, 0.29) is 11.9 Å². The highest BCUT2D eigenvalue weighted by Crippen LogP contribution is 2.34. The minimum absolute atomic E-state index is 0.0199. The summed E-state index contributed by atoms with van der Waals surface area (Å²) in [7, 11) is 0. The number of aromatic nitrogens is 2. The zero-order valence-electron chi connectivity index (χ0n) is 16.9. The van der Waals surface area contributed by atoms with Gasteiger partial charge in [-0.05, 0) is 55.7 Å². The van der Waals surface area contributed by atoms with Crippen molar-refractivity contribution in [2.24, 2.45) is 5.92 Å². The minimum Gasteiger partial charge on any atom is -0.485 e. The molecular formula is C22H21F3N2O3S. The molecule has 3 aromatic rings. The first-order valence-corrected chi connectivity index (χ1v) is 10.5. The molecule has 0 spiro atoms. The number of hydrogen-bond acceptors (Lipinski definition) is 5. The quantitative estimate of drug-likeness (QED) is 0.455. The van der Waals surface area contributed by atoms with Crippen LogP contribution < -0.4 is 4.74 Å². The molecule has 1 aromatic carbocycles. The fourth-order valence-electron chi connectivity index (χ4n) is 2.98. The van der Waals surface area contributed by atoms with Gasteiger partial charge in [-0.1, -0.05) is 19.1 Å². The number of nitrogens with zero attached hydrogens (tertiary/aromatic N) is 2. The molecule has 0 bridgehead atoms. The number of carbonyl (C=O) groups is 1. The molecule has 2 atom stereocenters. The molecule has 164 valence electrons. The molecule has 3 rings (SSSR count). The lowest BCUT2D eigenvalue weighted by molar-refractivity contribution is -0.142. The van der Waals surface area contributed by atoms with Crippen molar-refractivity contribution < 1.29 is 27.8 Å². The minimum atomic E-state index is -4.53. The molecule has 0 aliphatic heterocycles. The number of halogens is 3. The third-order valence-corrected chi connectivity index (χ3v) is 6.00. The average molecular weight is 450 g/mol. The second-order valence-electron chi connectivity index (χ2n) is 7.02. The SMILES string of the molecule is CCC(Cc1ccc(OC(C)c2ccc(-c3nccc(C(F)(F)F)n3)s2)cc1)C(=O)O. The molecule has 5 nitrogen and oxygen atoms in total. The van der Waals surface area contributed by atoms with E-state index in [0.717, 1.165) is 22.7 Å². The molecule has 2 heterocycles. The van der Waals surface area contributed by atoms with Gasteiger partial charge in [0.15, 0.2) is 5.82 Å². The standard InChI is InChI=1S/C22H21F3N2O3S/c1-3-15(21(28)29)12-14-4-6-16(7-5-14)30-13(2)17-8-9-18(31-17)20-26-11-10-19(27-20)22(23,24)25/h4-11,13,15H,3,12H2,1-2H3,(H,28,29). The van der Waals surface area contributed by atoms with Gasteiger partial charge < -0.3 is 9.84 Å². The summed E-state index contributed by atoms with van der Waals surface area (Å²) < 4.78 is 44.6. The number of rotatable bonds is 8. The number of ether oxygens (including phenoxy) is 1. The van der Waals surface area contributed by atoms with Gasteiger partial charge in [0.2, 0.25) is 0 Å². The predicted molar refractivity (Wildman–Crippen MR) is 111 cm³/mol. The van der Waals surface area contributed by atoms with Gasteiger partial charge in [-0.3, -0.25) is 4.79 Å². The highest BCUT2D eigenvalue weighted by Gasteiger charge is 2.33. The molecule has 2 aromatic heterocycles. The Morgan fingerprint density at radius 3 is 2.48 bits per heavy atom. The van der Waals surface area contributed by atoms with Crippen LogP contribution >= 0.6 is 11.3 Å². The van der Waals surface area contributed by atoms with E-state index in [9.17, 15) is 23.1 Å². The molecule has 0 saturated carbocycles. The maximum atomic E-state index is 12.9. The van der Waals surface area contributed by atoms with Crippen LogP contribution in [-0.4, -0.2) is 21.0 Å². The number of alkyl halides is 3. The van der Waals surface area contributed by atoms with Crippen molar-refractivity contribution in [3.8, 4) is 16.5 Å². The molecule has 9 heteroatoms. The Morgan fingerprint density at radius 1 is 1.16 bits per heavy atom. The van der Waals surface area contributed by atoms with Crippen LogP contribution in [0.4, 0.5) is 13.2 Å². The number of benzene rings is 1. The molecule has 0 radical (unpaired) electrons. The topological polar surface area (TPSA) is 72.3 Å². The van der Waals surface area contributed by atoms with Crippen LogP contribution in [0.15, 0.2) is 48.7 Å². The molecule has 0 amide bonds. The van der Waals surface area contributed by atoms with E-state index < -0.39 is 23.8 Å². The second-order valence-corrected chi connectivity index (χ2v) is 8.13. The summed E-state index contributed by atoms with van der Waals surface area (Å²) in [6.07, 6.45) is -2.76. The normalized spacial score (nSPS) is 13.6. The zero-order valence-corrected chi connectivity index (χ0v) is 17.7. The van der Waals surface area contributed by atoms with Gasteiger partial charge in [-0.25, -0.2) is 9.97 Å². The van der Waals surface area contributed by atoms with E-state index in [4.69, 9.17) is 4.74 Å². The third-order valence-electron chi connectivity index (χ3n) is 4.75. The number of aliphatic carboxylic acids is 1. The van der Waals surface area contributed by atoms with E-state index in [1.165, 1.54) is 11.3 Å². The lowest BCUT2D eigenvalue weighted by Gasteiger charge is -2.14. The average Bonchev–Trinajstić information content (AvgIpc) is 3.23. The summed E-state index contributed by atoms with van der Waals surface area (Å²) in [5, 5.41) is 9.19. The Bertz CT molecular complexity index is 1030. The first-order valence-electron chi connectivity index (χ1n) is 9.66. The summed E-state index contributed by atoms with van der Waals surface area (Å²) in [4.78, 5) is 20.1. The Hall–Kier alpha value is -2.94. The second kappa shape index (κ2) is 9.47. The fraction of sp³-hybridized carbons (Fsp3) is 0.318. The summed E-state index contributed by atoms with van der Waals surface area (Å²) in [6, 6.07) is 11.5. The first kappa shape index (κ1) is 22.7. The van der Waals surface area contributed by atoms with Gasteiger partial charge in [0.05, 0.1) is 10.8 Å². The highest BCUT2D eigenvalue weighted by molar-refractivity contribution is 7.15. The maximum Gasteiger partial charge on any atom is 0.433 e. The lowest BCUT2D eigenvalue weighted by atomic mass is 9.97. The molecule has 0 saturated heterocycles. The van der Waals surface area contributed by atoms with Crippen LogP contribution in [0.25, 0.3) is 10.7 Å². The molecule has 0 aliphatic carbocycles. The lowest BCUT2D eigenvalue weighted by Crippen LogP contribution is -2.15. The van der Waals surface area contributed by atoms with Crippen molar-refractivity contribution in [2.45, 2.75) is 39.0 Å². The van der Waals surface area contributed by atoms with Crippen LogP contribution in [0.5, 0.6) is 5.75 Å². The summed E-state index contributed by atoms with van der Waals surface area (Å²) in [5.41, 5.74) is -0.0700. The van der Waals surface area contributed by atoms with Gasteiger partial charge in [-0.2, -0.15) is 13.2 Å². The van der Waals surface area contributed by atoms with Crippen LogP contribution in [-0.2, 0) is 17.4 Å². The Kier molecular flexibility index (Phi) is 6.94. The van der Waals surface area contributed by atoms with Gasteiger partial charge in [0.1, 0.15) is 17.5 Å². The number of carboxylic acid groups (broad SMARTS) is 1. The Balaban J connectivity index is 1.68. The number of thiophene rings is 1. The van der Waals surface area contributed by atoms with E-state index in [2.05, 4.69) is 9.97 Å². The first-order chi connectivity index (χ1) is 14.7. The van der Waals surface area contributed by atoms with E-state index >= 15 is 0 Å². The predicted octanol–water partition coefficient (Wildman–Crippen LogP) is 6.02. The molecule has 2 unspecified atom stereocenters. The zero-order chi connectivity index (χ0) is 22.6. The van der Waals surface area contributed by atoms with Crippen molar-refractivity contribution in [2.75, 3.05) is 0 Å². The van der Waals surface area contributed by atoms with Crippen molar-refractivity contribution in [1.82, 2.24) is 9.97 Å². The van der Waals surface area contributed by atoms with Crippen molar-refractivity contribution in [3.63, 3.8) is 0 Å². The Labute approximate surface area is 181 Å². The molecule has 31 heavy (non-hydrogen) atoms. The summed E-state index contributed by atoms with van der Waals surface area (Å²) in [6.45, 7) is 3.69. The Morgan fingerprint density at radius 2 is 1.87 bits per heavy atom. The van der Waals surface area contributed by atoms with Gasteiger partial charge >= 0.3 is 12.1 Å². The van der Waals surface area contributed by atoms with E-state index in [1.807, 2.05) is 26.0 Å². The van der Waals surface area contributed by atoms with Gasteiger partial charge in [0.25, 0.3) is 0 Å². The van der Waals surface area contributed by atoms with Crippen LogP contribution in [0.1, 0.15) is 42.5 Å². The number of hydrogen-bond donors (Lipinski definition) is 1. The van der Waals surface area contributed by atoms with Crippen LogP contribution in [0.2, 0.25) is 0 Å². The summed E-state index contributed by atoms with van der Waals surface area (Å²) >= 11 is 1.27. The molecule has 0 fully saturated rings. The monoisotopic (exact) mass is 450 g/mol. The van der Waals surface area contributed by atoms with E-state index in [1.54, 1.807) is 24.3 Å². The van der Waals surface area contributed by atoms with Crippen molar-refractivity contribution in [3.05, 3.63) is 64.8 Å². The largest absolute Gasteiger partial charge is 0.485 e. The van der Waals surface area contributed by atoms with Gasteiger partial charge in [-0.15, -0.1) is 11.3 Å². The molecule has 1 N–H and O–H groups in total. The van der Waals surface area contributed by atoms with Gasteiger partial charge in [0, 0.05) is 11.1 Å². The molecular weight excluding hydrogens is 429 g/mol. The highest BCUT2D eigenvalue weighted by atomic mass is 32.1. The number of carboxylic acids is 1. The fourth-order valence-corrected chi connectivity index (χ4v) is 3.91. The molecule has 0 aliphatic rings. The maximum absolute atomic E-state index is 12.9. The third kappa shape index (κ3) is 5.81. The van der Waals surface area contributed by atoms with Crippen LogP contribution in [0, 0.1) is 5.92 Å². The van der Waals surface area contributed by atoms with Crippen LogP contribution in [0.3, 0.4) is 0 Å². The van der Waals surface area contributed by atoms with E-state index in [0.29, 0.717) is 23.5 Å².